The second-order valence-corrected chi connectivity index (χ2v) is 6.28. The van der Waals surface area contributed by atoms with Gasteiger partial charge in [0.15, 0.2) is 6.10 Å². The van der Waals surface area contributed by atoms with Crippen molar-refractivity contribution in [2.45, 2.75) is 12.1 Å². The van der Waals surface area contributed by atoms with Gasteiger partial charge in [-0.3, -0.25) is 14.9 Å². The smallest absolute Gasteiger partial charge is 0.269 e. The third-order valence-corrected chi connectivity index (χ3v) is 4.56. The number of rotatable bonds is 5. The maximum absolute atomic E-state index is 12.9. The van der Waals surface area contributed by atoms with Crippen LogP contribution in [0.25, 0.3) is 0 Å². The van der Waals surface area contributed by atoms with Crippen molar-refractivity contribution >= 4 is 28.5 Å². The van der Waals surface area contributed by atoms with Gasteiger partial charge in [0.1, 0.15) is 11.8 Å². The van der Waals surface area contributed by atoms with Gasteiger partial charge in [0.05, 0.1) is 12.0 Å². The molecule has 0 aliphatic carbocycles. The number of non-ortho nitro benzene ring substituents is 1. The summed E-state index contributed by atoms with van der Waals surface area (Å²) in [6.45, 7) is 0. The van der Waals surface area contributed by atoms with Crippen molar-refractivity contribution in [3.63, 3.8) is 0 Å². The zero-order valence-electron chi connectivity index (χ0n) is 14.1. The highest BCUT2D eigenvalue weighted by atomic mass is 32.2. The van der Waals surface area contributed by atoms with Crippen LogP contribution in [0.4, 0.5) is 5.69 Å². The van der Waals surface area contributed by atoms with Crippen molar-refractivity contribution in [3.05, 3.63) is 69.8 Å². The van der Waals surface area contributed by atoms with Crippen molar-refractivity contribution < 1.29 is 19.2 Å². The number of hydrogen-bond donors (Lipinski definition) is 0. The molecule has 0 spiro atoms. The Kier molecular flexibility index (Phi) is 5.22. The van der Waals surface area contributed by atoms with E-state index < -0.39 is 17.1 Å². The summed E-state index contributed by atoms with van der Waals surface area (Å²) in [6, 6.07) is 12.2. The third-order valence-electron chi connectivity index (χ3n) is 4.01. The highest BCUT2D eigenvalue weighted by Gasteiger charge is 2.38. The molecule has 0 aromatic heterocycles. The molecule has 1 aliphatic rings. The summed E-state index contributed by atoms with van der Waals surface area (Å²) in [6.07, 6.45) is 0.999. The Bertz CT molecular complexity index is 849. The molecule has 0 fully saturated rings. The number of ketones is 1. The molecule has 2 atom stereocenters. The first kappa shape index (κ1) is 17.9. The van der Waals surface area contributed by atoms with Crippen LogP contribution in [0.3, 0.4) is 0 Å². The maximum atomic E-state index is 12.9. The Balaban J connectivity index is 1.89. The highest BCUT2D eigenvalue weighted by molar-refractivity contribution is 8.12. The van der Waals surface area contributed by atoms with Gasteiger partial charge in [-0.05, 0) is 48.2 Å². The van der Waals surface area contributed by atoms with Gasteiger partial charge in [-0.15, -0.1) is 0 Å². The Hall–Kier alpha value is -2.87. The molecule has 26 heavy (non-hydrogen) atoms. The zero-order chi connectivity index (χ0) is 18.7. The number of carbonyl (C=O) groups excluding carboxylic acids is 1. The minimum absolute atomic E-state index is 0.0141. The Morgan fingerprint density at radius 3 is 2.38 bits per heavy atom. The monoisotopic (exact) mass is 372 g/mol. The van der Waals surface area contributed by atoms with Crippen LogP contribution in [0.15, 0.2) is 53.5 Å². The van der Waals surface area contributed by atoms with Crippen LogP contribution in [0, 0.1) is 10.1 Å². The molecular weight excluding hydrogens is 356 g/mol. The number of benzene rings is 2. The molecule has 8 heteroatoms. The van der Waals surface area contributed by atoms with E-state index in [1.165, 1.54) is 23.9 Å². The molecule has 3 rings (SSSR count). The summed E-state index contributed by atoms with van der Waals surface area (Å²) >= 11 is 1.31. The number of nitro benzene ring substituents is 1. The van der Waals surface area contributed by atoms with Crippen LogP contribution >= 0.6 is 11.8 Å². The van der Waals surface area contributed by atoms with Gasteiger partial charge in [-0.1, -0.05) is 11.8 Å². The molecule has 0 radical (unpaired) electrons. The molecular formula is C18H16N2O5S. The normalized spacial score (nSPS) is 18.8. The Morgan fingerprint density at radius 1 is 1.19 bits per heavy atom. The second kappa shape index (κ2) is 7.57. The number of aliphatic imine (C=N–C) groups is 1. The number of Topliss-reactive ketones (excluding diaryl/α,β-unsaturated/α-hetero) is 1. The lowest BCUT2D eigenvalue weighted by Gasteiger charge is -2.17. The first-order valence-corrected chi connectivity index (χ1v) is 8.97. The van der Waals surface area contributed by atoms with Gasteiger partial charge in [0, 0.05) is 17.7 Å². The molecule has 0 N–H and O–H groups in total. The number of nitro groups is 1. The summed E-state index contributed by atoms with van der Waals surface area (Å²) < 4.78 is 10.8. The number of nitrogens with zero attached hydrogens (tertiary/aromatic N) is 2. The molecule has 0 unspecified atom stereocenters. The van der Waals surface area contributed by atoms with Crippen molar-refractivity contribution in [2.75, 3.05) is 13.4 Å². The number of hydrogen-bond acceptors (Lipinski definition) is 7. The SMILES string of the molecule is COc1ccc(C(=O)[C@@H]2OC(SC)=N[C@@H]2c2ccc([N+](=O)[O-])cc2)cc1. The lowest BCUT2D eigenvalue weighted by Crippen LogP contribution is -2.27. The van der Waals surface area contributed by atoms with Crippen molar-refractivity contribution in [3.8, 4) is 5.75 Å². The van der Waals surface area contributed by atoms with Crippen molar-refractivity contribution in [1.29, 1.82) is 0 Å². The average Bonchev–Trinajstić information content (AvgIpc) is 3.12. The summed E-state index contributed by atoms with van der Waals surface area (Å²) in [5, 5.41) is 11.2. The lowest BCUT2D eigenvalue weighted by molar-refractivity contribution is -0.384. The molecule has 1 aliphatic heterocycles. The fourth-order valence-corrected chi connectivity index (χ4v) is 3.06. The number of methoxy groups -OCH3 is 1. The van der Waals surface area contributed by atoms with E-state index in [0.29, 0.717) is 22.1 Å². The molecule has 0 amide bonds. The number of carbonyl (C=O) groups is 1. The van der Waals surface area contributed by atoms with Crippen LogP contribution in [-0.4, -0.2) is 35.4 Å². The predicted octanol–water partition coefficient (Wildman–Crippen LogP) is 3.65. The first-order valence-electron chi connectivity index (χ1n) is 7.74. The minimum atomic E-state index is -0.813. The summed E-state index contributed by atoms with van der Waals surface area (Å²) in [5.41, 5.74) is 1.16. The van der Waals surface area contributed by atoms with E-state index >= 15 is 0 Å². The zero-order valence-corrected chi connectivity index (χ0v) is 14.9. The highest BCUT2D eigenvalue weighted by Crippen LogP contribution is 2.34. The predicted molar refractivity (Wildman–Crippen MR) is 99.0 cm³/mol. The quantitative estimate of drug-likeness (QED) is 0.452. The summed E-state index contributed by atoms with van der Waals surface area (Å²) in [4.78, 5) is 27.7. The summed E-state index contributed by atoms with van der Waals surface area (Å²) in [7, 11) is 1.56. The van der Waals surface area contributed by atoms with Crippen LogP contribution < -0.4 is 4.74 Å². The maximum Gasteiger partial charge on any atom is 0.269 e. The number of thioether (sulfide) groups is 1. The fraction of sp³-hybridized carbons (Fsp3) is 0.222. The van der Waals surface area contributed by atoms with Crippen LogP contribution in [0.1, 0.15) is 22.0 Å². The largest absolute Gasteiger partial charge is 0.497 e. The van der Waals surface area contributed by atoms with Gasteiger partial charge < -0.3 is 9.47 Å². The van der Waals surface area contributed by atoms with Gasteiger partial charge >= 0.3 is 0 Å². The standard InChI is InChI=1S/C18H16N2O5S/c1-24-14-9-5-12(6-10-14)16(21)17-15(19-18(25-17)26-2)11-3-7-13(8-4-11)20(22)23/h3-10,15,17H,1-2H3/t15-,17-/m1/s1. The third kappa shape index (κ3) is 3.55. The van der Waals surface area contributed by atoms with Gasteiger partial charge in [0.2, 0.25) is 11.0 Å². The molecule has 2 aromatic carbocycles. The molecule has 0 saturated heterocycles. The van der Waals surface area contributed by atoms with Crippen LogP contribution in [0.2, 0.25) is 0 Å². The van der Waals surface area contributed by atoms with Crippen molar-refractivity contribution in [1.82, 2.24) is 0 Å². The van der Waals surface area contributed by atoms with E-state index in [4.69, 9.17) is 9.47 Å². The molecule has 134 valence electrons. The number of ether oxygens (including phenoxy) is 2. The minimum Gasteiger partial charge on any atom is -0.497 e. The average molecular weight is 372 g/mol. The van der Waals surface area contributed by atoms with E-state index in [0.717, 1.165) is 0 Å². The topological polar surface area (TPSA) is 91.0 Å². The van der Waals surface area contributed by atoms with E-state index in [1.54, 1.807) is 43.5 Å². The molecule has 7 nitrogen and oxygen atoms in total. The van der Waals surface area contributed by atoms with Crippen LogP contribution in [0.5, 0.6) is 5.75 Å². The van der Waals surface area contributed by atoms with Gasteiger partial charge in [0.25, 0.3) is 5.69 Å². The molecule has 0 saturated carbocycles. The van der Waals surface area contributed by atoms with E-state index in [2.05, 4.69) is 4.99 Å². The van der Waals surface area contributed by atoms with E-state index in [9.17, 15) is 14.9 Å². The van der Waals surface area contributed by atoms with E-state index in [1.807, 2.05) is 6.26 Å². The van der Waals surface area contributed by atoms with Crippen molar-refractivity contribution in [2.24, 2.45) is 4.99 Å². The Morgan fingerprint density at radius 2 is 1.85 bits per heavy atom. The Labute approximate surface area is 154 Å². The van der Waals surface area contributed by atoms with Gasteiger partial charge in [-0.2, -0.15) is 0 Å². The van der Waals surface area contributed by atoms with Gasteiger partial charge in [-0.25, -0.2) is 4.99 Å². The molecule has 2 aromatic rings. The lowest BCUT2D eigenvalue weighted by atomic mass is 9.95. The first-order chi connectivity index (χ1) is 12.5. The molecule has 0 bridgehead atoms. The second-order valence-electron chi connectivity index (χ2n) is 5.52. The van der Waals surface area contributed by atoms with Crippen LogP contribution in [-0.2, 0) is 4.74 Å². The fourth-order valence-electron chi connectivity index (χ4n) is 2.64. The van der Waals surface area contributed by atoms with E-state index in [-0.39, 0.29) is 11.5 Å². The summed E-state index contributed by atoms with van der Waals surface area (Å²) in [5.74, 6) is 0.450. The molecule has 1 heterocycles.